The van der Waals surface area contributed by atoms with E-state index in [1.807, 2.05) is 48.7 Å². The smallest absolute Gasteiger partial charge is 0.252 e. The zero-order valence-corrected chi connectivity index (χ0v) is 15.3. The van der Waals surface area contributed by atoms with Gasteiger partial charge in [0.25, 0.3) is 5.91 Å². The largest absolute Gasteiger partial charge is 0.361 e. The predicted octanol–water partition coefficient (Wildman–Crippen LogP) is 4.78. The Bertz CT molecular complexity index is 1080. The topological polar surface area (TPSA) is 57.8 Å². The van der Waals surface area contributed by atoms with Crippen LogP contribution in [0.3, 0.4) is 0 Å². The van der Waals surface area contributed by atoms with Crippen LogP contribution < -0.4 is 5.32 Å². The molecule has 0 saturated heterocycles. The Hall–Kier alpha value is -3.11. The van der Waals surface area contributed by atoms with Gasteiger partial charge in [0.05, 0.1) is 5.56 Å². The summed E-state index contributed by atoms with van der Waals surface area (Å²) >= 11 is 6.49. The molecule has 2 aromatic heterocycles. The Kier molecular flexibility index (Phi) is 4.90. The summed E-state index contributed by atoms with van der Waals surface area (Å²) in [6.07, 6.45) is 5.20. The number of hydrogen-bond acceptors (Lipinski definition) is 2. The molecule has 1 amide bonds. The van der Waals surface area contributed by atoms with Crippen molar-refractivity contribution in [1.29, 1.82) is 0 Å². The van der Waals surface area contributed by atoms with E-state index in [0.29, 0.717) is 17.1 Å². The number of aromatic amines is 1. The molecule has 0 fully saturated rings. The van der Waals surface area contributed by atoms with Crippen LogP contribution in [0.15, 0.2) is 79.3 Å². The average molecular weight is 376 g/mol. The third-order valence-electron chi connectivity index (χ3n) is 4.67. The minimum atomic E-state index is -0.153. The highest BCUT2D eigenvalue weighted by Gasteiger charge is 2.21. The van der Waals surface area contributed by atoms with E-state index in [4.69, 9.17) is 11.6 Å². The zero-order chi connectivity index (χ0) is 18.6. The lowest BCUT2D eigenvalue weighted by Gasteiger charge is -2.19. The van der Waals surface area contributed by atoms with Crippen LogP contribution in [0.4, 0.5) is 0 Å². The Morgan fingerprint density at radius 2 is 1.85 bits per heavy atom. The van der Waals surface area contributed by atoms with E-state index >= 15 is 0 Å². The van der Waals surface area contributed by atoms with E-state index in [-0.39, 0.29) is 11.8 Å². The molecule has 0 spiro atoms. The molecule has 4 aromatic rings. The molecule has 2 heterocycles. The minimum absolute atomic E-state index is 0.0736. The lowest BCUT2D eigenvalue weighted by atomic mass is 9.90. The fraction of sp³-hybridized carbons (Fsp3) is 0.0909. The minimum Gasteiger partial charge on any atom is -0.361 e. The number of rotatable bonds is 5. The molecule has 0 saturated carbocycles. The average Bonchev–Trinajstić information content (AvgIpc) is 3.14. The van der Waals surface area contributed by atoms with Crippen molar-refractivity contribution in [2.75, 3.05) is 6.54 Å². The van der Waals surface area contributed by atoms with Gasteiger partial charge in [-0.3, -0.25) is 9.78 Å². The molecule has 0 radical (unpaired) electrons. The van der Waals surface area contributed by atoms with Crippen molar-refractivity contribution in [3.8, 4) is 0 Å². The molecule has 0 aliphatic carbocycles. The van der Waals surface area contributed by atoms with Gasteiger partial charge in [-0.1, -0.05) is 48.0 Å². The molecule has 4 nitrogen and oxygen atoms in total. The maximum Gasteiger partial charge on any atom is 0.252 e. The van der Waals surface area contributed by atoms with Crippen molar-refractivity contribution in [3.63, 3.8) is 0 Å². The van der Waals surface area contributed by atoms with Crippen molar-refractivity contribution in [2.45, 2.75) is 5.92 Å². The molecule has 2 aromatic carbocycles. The summed E-state index contributed by atoms with van der Waals surface area (Å²) in [6.45, 7) is 0.430. The lowest BCUT2D eigenvalue weighted by molar-refractivity contribution is 0.0952. The summed E-state index contributed by atoms with van der Waals surface area (Å²) in [7, 11) is 0. The van der Waals surface area contributed by atoms with Gasteiger partial charge in [0, 0.05) is 47.0 Å². The van der Waals surface area contributed by atoms with Crippen LogP contribution in [0.2, 0.25) is 5.02 Å². The van der Waals surface area contributed by atoms with Crippen LogP contribution in [0, 0.1) is 0 Å². The molecule has 1 atom stereocenters. The van der Waals surface area contributed by atoms with Crippen LogP contribution in [-0.4, -0.2) is 22.4 Å². The Labute approximate surface area is 162 Å². The lowest BCUT2D eigenvalue weighted by Crippen LogP contribution is -2.29. The number of H-pyrrole nitrogens is 1. The van der Waals surface area contributed by atoms with E-state index < -0.39 is 0 Å². The number of hydrogen-bond donors (Lipinski definition) is 2. The highest BCUT2D eigenvalue weighted by molar-refractivity contribution is 6.31. The molecule has 4 rings (SSSR count). The van der Waals surface area contributed by atoms with E-state index in [0.717, 1.165) is 22.0 Å². The van der Waals surface area contributed by atoms with Gasteiger partial charge < -0.3 is 10.3 Å². The number of halogens is 1. The van der Waals surface area contributed by atoms with Crippen LogP contribution in [0.25, 0.3) is 10.9 Å². The number of carbonyl (C=O) groups excluding carboxylic acids is 1. The second-order valence-corrected chi connectivity index (χ2v) is 6.72. The summed E-state index contributed by atoms with van der Waals surface area (Å²) in [5, 5.41) is 4.83. The Morgan fingerprint density at radius 1 is 1.04 bits per heavy atom. The van der Waals surface area contributed by atoms with Crippen molar-refractivity contribution < 1.29 is 4.79 Å². The first-order valence-electron chi connectivity index (χ1n) is 8.72. The molecule has 0 unspecified atom stereocenters. The summed E-state index contributed by atoms with van der Waals surface area (Å²) in [6, 6.07) is 19.4. The first kappa shape index (κ1) is 17.3. The predicted molar refractivity (Wildman–Crippen MR) is 108 cm³/mol. The van der Waals surface area contributed by atoms with E-state index in [2.05, 4.69) is 21.4 Å². The Balaban J connectivity index is 1.69. The molecule has 0 aliphatic rings. The van der Waals surface area contributed by atoms with Crippen LogP contribution >= 0.6 is 11.6 Å². The van der Waals surface area contributed by atoms with Crippen molar-refractivity contribution in [3.05, 3.63) is 101 Å². The van der Waals surface area contributed by atoms with Gasteiger partial charge in [0.15, 0.2) is 0 Å². The highest BCUT2D eigenvalue weighted by Crippen LogP contribution is 2.34. The first-order valence-corrected chi connectivity index (χ1v) is 9.10. The molecule has 0 aliphatic heterocycles. The summed E-state index contributed by atoms with van der Waals surface area (Å²) in [5.74, 6) is -0.226. The number of aromatic nitrogens is 2. The quantitative estimate of drug-likeness (QED) is 0.527. The number of pyridine rings is 1. The summed E-state index contributed by atoms with van der Waals surface area (Å²) in [4.78, 5) is 19.8. The maximum atomic E-state index is 12.5. The molecule has 27 heavy (non-hydrogen) atoms. The first-order chi connectivity index (χ1) is 13.2. The van der Waals surface area contributed by atoms with Gasteiger partial charge in [-0.05, 0) is 35.4 Å². The summed E-state index contributed by atoms with van der Waals surface area (Å²) in [5.41, 5.74) is 3.68. The maximum absolute atomic E-state index is 12.5. The van der Waals surface area contributed by atoms with E-state index in [1.165, 1.54) is 0 Å². The van der Waals surface area contributed by atoms with Crippen LogP contribution in [-0.2, 0) is 0 Å². The van der Waals surface area contributed by atoms with E-state index in [9.17, 15) is 4.79 Å². The van der Waals surface area contributed by atoms with E-state index in [1.54, 1.807) is 24.5 Å². The van der Waals surface area contributed by atoms with Crippen molar-refractivity contribution >= 4 is 28.4 Å². The van der Waals surface area contributed by atoms with Gasteiger partial charge in [-0.2, -0.15) is 0 Å². The second kappa shape index (κ2) is 7.64. The van der Waals surface area contributed by atoms with Gasteiger partial charge in [-0.15, -0.1) is 0 Å². The van der Waals surface area contributed by atoms with Gasteiger partial charge >= 0.3 is 0 Å². The Morgan fingerprint density at radius 3 is 2.67 bits per heavy atom. The fourth-order valence-electron chi connectivity index (χ4n) is 3.32. The number of benzene rings is 2. The van der Waals surface area contributed by atoms with Gasteiger partial charge in [0.2, 0.25) is 0 Å². The van der Waals surface area contributed by atoms with Gasteiger partial charge in [-0.25, -0.2) is 0 Å². The third-order valence-corrected chi connectivity index (χ3v) is 5.01. The standard InChI is InChI=1S/C22H18ClN3O/c23-20-9-3-1-7-16(20)18(14-26-22(27)15-6-5-11-24-12-15)19-13-25-21-10-4-2-8-17(19)21/h1-13,18,25H,14H2,(H,26,27)/t18-/m1/s1. The molecule has 2 N–H and O–H groups in total. The molecule has 5 heteroatoms. The van der Waals surface area contributed by atoms with Crippen molar-refractivity contribution in [2.24, 2.45) is 0 Å². The number of amides is 1. The number of nitrogens with one attached hydrogen (secondary N) is 2. The number of para-hydroxylation sites is 1. The number of carbonyl (C=O) groups is 1. The molecular formula is C22H18ClN3O. The number of fused-ring (bicyclic) bond motifs is 1. The normalized spacial score (nSPS) is 12.0. The summed E-state index contributed by atoms with van der Waals surface area (Å²) < 4.78 is 0. The van der Waals surface area contributed by atoms with Crippen LogP contribution in [0.5, 0.6) is 0 Å². The third kappa shape index (κ3) is 3.57. The fourth-order valence-corrected chi connectivity index (χ4v) is 3.59. The zero-order valence-electron chi connectivity index (χ0n) is 14.5. The molecule has 134 valence electrons. The monoisotopic (exact) mass is 375 g/mol. The van der Waals surface area contributed by atoms with Crippen molar-refractivity contribution in [1.82, 2.24) is 15.3 Å². The molecular weight excluding hydrogens is 358 g/mol. The second-order valence-electron chi connectivity index (χ2n) is 6.32. The highest BCUT2D eigenvalue weighted by atomic mass is 35.5. The molecule has 0 bridgehead atoms. The number of nitrogens with zero attached hydrogens (tertiary/aromatic N) is 1. The SMILES string of the molecule is O=C(NC[C@H](c1ccccc1Cl)c1c[nH]c2ccccc12)c1cccnc1. The van der Waals surface area contributed by atoms with Gasteiger partial charge in [0.1, 0.15) is 0 Å². The van der Waals surface area contributed by atoms with Crippen LogP contribution in [0.1, 0.15) is 27.4 Å².